The van der Waals surface area contributed by atoms with E-state index in [1.54, 1.807) is 17.9 Å². The van der Waals surface area contributed by atoms with Crippen LogP contribution < -0.4 is 0 Å². The highest BCUT2D eigenvalue weighted by Crippen LogP contribution is 2.04. The minimum Gasteiger partial charge on any atom is -0.298 e. The van der Waals surface area contributed by atoms with E-state index >= 15 is 0 Å². The van der Waals surface area contributed by atoms with Crippen LogP contribution >= 0.6 is 22.6 Å². The fourth-order valence-corrected chi connectivity index (χ4v) is 1.17. The van der Waals surface area contributed by atoms with Crippen LogP contribution in [0.5, 0.6) is 0 Å². The van der Waals surface area contributed by atoms with Gasteiger partial charge >= 0.3 is 0 Å². The molecule has 0 aliphatic rings. The van der Waals surface area contributed by atoms with E-state index < -0.39 is 0 Å². The molecule has 0 atom stereocenters. The Balaban J connectivity index is 3.15. The summed E-state index contributed by atoms with van der Waals surface area (Å²) in [4.78, 5) is 10.2. The normalized spacial score (nSPS) is 9.56. The van der Waals surface area contributed by atoms with Crippen molar-refractivity contribution >= 4 is 28.9 Å². The van der Waals surface area contributed by atoms with E-state index in [1.807, 2.05) is 22.6 Å². The first-order valence-electron chi connectivity index (χ1n) is 2.38. The maximum atomic E-state index is 10.2. The van der Waals surface area contributed by atoms with E-state index in [4.69, 9.17) is 0 Å². The summed E-state index contributed by atoms with van der Waals surface area (Å²) in [6.07, 6.45) is 2.49. The number of carbonyl (C=O) groups excluding carboxylic acids is 1. The first kappa shape index (κ1) is 6.73. The lowest BCUT2D eigenvalue weighted by atomic mass is 10.4. The van der Waals surface area contributed by atoms with Gasteiger partial charge in [-0.25, -0.2) is 0 Å². The monoisotopic (exact) mass is 236 g/mol. The third kappa shape index (κ3) is 1.29. The van der Waals surface area contributed by atoms with E-state index in [2.05, 4.69) is 5.10 Å². The van der Waals surface area contributed by atoms with Gasteiger partial charge in [0.25, 0.3) is 0 Å². The number of aryl methyl sites for hydroxylation is 1. The molecular weight excluding hydrogens is 231 g/mol. The van der Waals surface area contributed by atoms with E-state index in [1.165, 1.54) is 0 Å². The molecule has 0 aliphatic carbocycles. The van der Waals surface area contributed by atoms with Crippen molar-refractivity contribution in [3.05, 3.63) is 15.5 Å². The molecule has 0 radical (unpaired) electrons. The van der Waals surface area contributed by atoms with Gasteiger partial charge in [0, 0.05) is 13.2 Å². The second kappa shape index (κ2) is 2.47. The molecule has 1 aromatic rings. The molecule has 0 saturated carbocycles. The van der Waals surface area contributed by atoms with Crippen LogP contribution in [0.4, 0.5) is 0 Å². The molecule has 0 aromatic carbocycles. The minimum absolute atomic E-state index is 0.651. The Morgan fingerprint density at radius 1 is 1.89 bits per heavy atom. The van der Waals surface area contributed by atoms with E-state index in [9.17, 15) is 4.79 Å². The van der Waals surface area contributed by atoms with Crippen LogP contribution in [0.25, 0.3) is 0 Å². The van der Waals surface area contributed by atoms with Crippen molar-refractivity contribution in [3.8, 4) is 0 Å². The molecule has 0 saturated heterocycles. The Labute approximate surface area is 66.2 Å². The van der Waals surface area contributed by atoms with Gasteiger partial charge in [-0.3, -0.25) is 9.48 Å². The number of aldehydes is 1. The highest BCUT2D eigenvalue weighted by molar-refractivity contribution is 14.1. The Bertz CT molecular complexity index is 231. The molecule has 1 heterocycles. The third-order valence-corrected chi connectivity index (χ3v) is 1.78. The van der Waals surface area contributed by atoms with Gasteiger partial charge in [-0.05, 0) is 22.6 Å². The fourth-order valence-electron chi connectivity index (χ4n) is 0.559. The Morgan fingerprint density at radius 2 is 2.56 bits per heavy atom. The van der Waals surface area contributed by atoms with Crippen LogP contribution in [0.3, 0.4) is 0 Å². The Hall–Kier alpha value is -0.390. The predicted molar refractivity (Wildman–Crippen MR) is 41.3 cm³/mol. The largest absolute Gasteiger partial charge is 0.298 e. The number of hydrogen-bond acceptors (Lipinski definition) is 2. The maximum Gasteiger partial charge on any atom is 0.154 e. The van der Waals surface area contributed by atoms with E-state index in [0.29, 0.717) is 5.56 Å². The maximum absolute atomic E-state index is 10.2. The number of carbonyl (C=O) groups is 1. The first-order valence-corrected chi connectivity index (χ1v) is 3.46. The number of aromatic nitrogens is 2. The molecular formula is C5H5IN2O. The highest BCUT2D eigenvalue weighted by Gasteiger charge is 2.00. The molecule has 9 heavy (non-hydrogen) atoms. The van der Waals surface area contributed by atoms with E-state index in [0.717, 1.165) is 9.99 Å². The average molecular weight is 236 g/mol. The summed E-state index contributed by atoms with van der Waals surface area (Å²) in [5.74, 6) is 0. The van der Waals surface area contributed by atoms with Crippen LogP contribution in [0.2, 0.25) is 0 Å². The standard InChI is InChI=1S/C5H5IN2O/c1-8-2-4(3-9)5(6)7-8/h2-3H,1H3. The summed E-state index contributed by atoms with van der Waals surface area (Å²) in [6.45, 7) is 0. The number of rotatable bonds is 1. The average Bonchev–Trinajstić information content (AvgIpc) is 2.10. The number of halogens is 1. The molecule has 0 bridgehead atoms. The summed E-state index contributed by atoms with van der Waals surface area (Å²) in [6, 6.07) is 0. The molecule has 0 N–H and O–H groups in total. The van der Waals surface area contributed by atoms with Gasteiger partial charge in [0.05, 0.1) is 5.56 Å². The molecule has 1 aromatic heterocycles. The zero-order chi connectivity index (χ0) is 6.85. The lowest BCUT2D eigenvalue weighted by Crippen LogP contribution is -1.85. The topological polar surface area (TPSA) is 34.9 Å². The van der Waals surface area contributed by atoms with Gasteiger partial charge in [0.15, 0.2) is 6.29 Å². The summed E-state index contributed by atoms with van der Waals surface area (Å²) >= 11 is 2.02. The molecule has 0 unspecified atom stereocenters. The smallest absolute Gasteiger partial charge is 0.154 e. The molecule has 0 aliphatic heterocycles. The zero-order valence-corrected chi connectivity index (χ0v) is 6.99. The lowest BCUT2D eigenvalue weighted by molar-refractivity contribution is 0.112. The van der Waals surface area contributed by atoms with Crippen molar-refractivity contribution in [3.63, 3.8) is 0 Å². The van der Waals surface area contributed by atoms with Crippen LogP contribution in [-0.2, 0) is 7.05 Å². The molecule has 0 amide bonds. The Morgan fingerprint density at radius 3 is 2.78 bits per heavy atom. The highest BCUT2D eigenvalue weighted by atomic mass is 127. The van der Waals surface area contributed by atoms with Crippen molar-refractivity contribution < 1.29 is 4.79 Å². The summed E-state index contributed by atoms with van der Waals surface area (Å²) < 4.78 is 2.37. The number of nitrogens with zero attached hydrogens (tertiary/aromatic N) is 2. The molecule has 3 nitrogen and oxygen atoms in total. The van der Waals surface area contributed by atoms with Crippen molar-refractivity contribution in [1.29, 1.82) is 0 Å². The van der Waals surface area contributed by atoms with Gasteiger partial charge in [-0.15, -0.1) is 0 Å². The van der Waals surface area contributed by atoms with Gasteiger partial charge in [-0.1, -0.05) is 0 Å². The van der Waals surface area contributed by atoms with Crippen LogP contribution in [0.1, 0.15) is 10.4 Å². The molecule has 48 valence electrons. The third-order valence-electron chi connectivity index (χ3n) is 0.937. The minimum atomic E-state index is 0.651. The lowest BCUT2D eigenvalue weighted by Gasteiger charge is -1.78. The summed E-state index contributed by atoms with van der Waals surface area (Å²) in [5.41, 5.74) is 0.651. The SMILES string of the molecule is Cn1cc(C=O)c(I)n1. The van der Waals surface area contributed by atoms with Gasteiger partial charge in [0.2, 0.25) is 0 Å². The first-order chi connectivity index (χ1) is 4.24. The van der Waals surface area contributed by atoms with Crippen LogP contribution in [-0.4, -0.2) is 16.1 Å². The number of hydrogen-bond donors (Lipinski definition) is 0. The van der Waals surface area contributed by atoms with Crippen LogP contribution in [0.15, 0.2) is 6.20 Å². The molecule has 0 fully saturated rings. The zero-order valence-electron chi connectivity index (χ0n) is 4.84. The Kier molecular flexibility index (Phi) is 1.84. The molecule has 4 heteroatoms. The van der Waals surface area contributed by atoms with Crippen LogP contribution in [0, 0.1) is 3.70 Å². The summed E-state index contributed by atoms with van der Waals surface area (Å²) in [5, 5.41) is 3.95. The van der Waals surface area contributed by atoms with Gasteiger partial charge in [0.1, 0.15) is 3.70 Å². The van der Waals surface area contributed by atoms with Gasteiger partial charge in [-0.2, -0.15) is 5.10 Å². The van der Waals surface area contributed by atoms with E-state index in [-0.39, 0.29) is 0 Å². The van der Waals surface area contributed by atoms with Crippen molar-refractivity contribution in [2.45, 2.75) is 0 Å². The molecule has 0 spiro atoms. The van der Waals surface area contributed by atoms with Crippen molar-refractivity contribution in [2.24, 2.45) is 7.05 Å². The van der Waals surface area contributed by atoms with Crippen molar-refractivity contribution in [1.82, 2.24) is 9.78 Å². The molecule has 1 rings (SSSR count). The summed E-state index contributed by atoms with van der Waals surface area (Å²) in [7, 11) is 1.79. The predicted octanol–water partition coefficient (Wildman–Crippen LogP) is 0.837. The quantitative estimate of drug-likeness (QED) is 0.534. The van der Waals surface area contributed by atoms with Crippen molar-refractivity contribution in [2.75, 3.05) is 0 Å². The second-order valence-corrected chi connectivity index (χ2v) is 2.69. The fraction of sp³-hybridized carbons (Fsp3) is 0.200. The van der Waals surface area contributed by atoms with Gasteiger partial charge < -0.3 is 0 Å². The second-order valence-electron chi connectivity index (χ2n) is 1.67.